The summed E-state index contributed by atoms with van der Waals surface area (Å²) in [4.78, 5) is 11.3. The normalized spacial score (nSPS) is 15.7. The van der Waals surface area contributed by atoms with Gasteiger partial charge in [-0.05, 0) is 63.7 Å². The Balaban J connectivity index is 0.000000370. The Morgan fingerprint density at radius 2 is 1.83 bits per heavy atom. The second kappa shape index (κ2) is 9.87. The van der Waals surface area contributed by atoms with Gasteiger partial charge in [-0.15, -0.1) is 0 Å². The predicted molar refractivity (Wildman–Crippen MR) is 97.8 cm³/mol. The fraction of sp³-hybridized carbons (Fsp3) is 0.500. The molecule has 0 amide bonds. The number of likely N-dealkylation sites (tertiary alicyclic amines) is 1. The van der Waals surface area contributed by atoms with Crippen molar-refractivity contribution in [3.8, 4) is 0 Å². The molecule has 29 heavy (non-hydrogen) atoms. The molecular formula is C20H24F4N2O3. The number of carboxylic acid groups (broad SMARTS) is 1. The van der Waals surface area contributed by atoms with E-state index in [2.05, 4.69) is 10.1 Å². The highest BCUT2D eigenvalue weighted by Crippen LogP contribution is 2.25. The van der Waals surface area contributed by atoms with Crippen molar-refractivity contribution in [3.63, 3.8) is 0 Å². The number of hydrogen-bond donors (Lipinski definition) is 1. The largest absolute Gasteiger partial charge is 0.490 e. The molecule has 0 saturated carbocycles. The van der Waals surface area contributed by atoms with Crippen LogP contribution in [0.15, 0.2) is 28.8 Å². The lowest BCUT2D eigenvalue weighted by Gasteiger charge is -2.32. The van der Waals surface area contributed by atoms with Crippen LogP contribution >= 0.6 is 0 Å². The minimum absolute atomic E-state index is 0.0688. The van der Waals surface area contributed by atoms with Gasteiger partial charge in [0.05, 0.1) is 5.69 Å². The van der Waals surface area contributed by atoms with Crippen LogP contribution in [0.2, 0.25) is 0 Å². The van der Waals surface area contributed by atoms with Gasteiger partial charge in [0.25, 0.3) is 0 Å². The Morgan fingerprint density at radius 3 is 2.31 bits per heavy atom. The molecule has 1 aromatic carbocycles. The van der Waals surface area contributed by atoms with Crippen LogP contribution in [0, 0.1) is 25.6 Å². The van der Waals surface area contributed by atoms with E-state index in [4.69, 9.17) is 14.4 Å². The molecule has 2 aromatic rings. The van der Waals surface area contributed by atoms with Crippen LogP contribution in [0.25, 0.3) is 0 Å². The first-order valence-electron chi connectivity index (χ1n) is 9.25. The summed E-state index contributed by atoms with van der Waals surface area (Å²) in [6.07, 6.45) is -1.98. The third-order valence-corrected chi connectivity index (χ3v) is 4.98. The fourth-order valence-electron chi connectivity index (χ4n) is 3.27. The molecule has 0 aliphatic carbocycles. The Bertz CT molecular complexity index is 793. The molecule has 1 fully saturated rings. The number of carbonyl (C=O) groups is 1. The molecule has 1 aromatic heterocycles. The Morgan fingerprint density at radius 1 is 1.24 bits per heavy atom. The first-order chi connectivity index (χ1) is 13.6. The summed E-state index contributed by atoms with van der Waals surface area (Å²) in [5, 5.41) is 11.1. The smallest absolute Gasteiger partial charge is 0.475 e. The number of alkyl halides is 3. The van der Waals surface area contributed by atoms with Crippen LogP contribution in [0.5, 0.6) is 0 Å². The average molecular weight is 416 g/mol. The first-order valence-corrected chi connectivity index (χ1v) is 9.25. The number of nitrogens with zero attached hydrogens (tertiary/aromatic N) is 2. The lowest BCUT2D eigenvalue weighted by atomic mass is 9.90. The number of benzene rings is 1. The summed E-state index contributed by atoms with van der Waals surface area (Å²) in [6.45, 7) is 7.00. The van der Waals surface area contributed by atoms with Crippen LogP contribution in [-0.4, -0.2) is 40.4 Å². The molecule has 1 aliphatic heterocycles. The van der Waals surface area contributed by atoms with Gasteiger partial charge in [-0.2, -0.15) is 13.2 Å². The van der Waals surface area contributed by atoms with Gasteiger partial charge < -0.3 is 9.63 Å². The van der Waals surface area contributed by atoms with Crippen molar-refractivity contribution < 1.29 is 32.0 Å². The second-order valence-corrected chi connectivity index (χ2v) is 7.12. The van der Waals surface area contributed by atoms with Gasteiger partial charge in [-0.3, -0.25) is 4.90 Å². The number of halogens is 4. The molecular weight excluding hydrogens is 392 g/mol. The number of hydrogen-bond acceptors (Lipinski definition) is 4. The molecule has 1 N–H and O–H groups in total. The van der Waals surface area contributed by atoms with Crippen molar-refractivity contribution in [3.05, 3.63) is 52.7 Å². The topological polar surface area (TPSA) is 66.6 Å². The highest BCUT2D eigenvalue weighted by Gasteiger charge is 2.38. The second-order valence-electron chi connectivity index (χ2n) is 7.12. The summed E-state index contributed by atoms with van der Waals surface area (Å²) >= 11 is 0. The number of aryl methyl sites for hydroxylation is 2. The van der Waals surface area contributed by atoms with Gasteiger partial charge in [0.2, 0.25) is 0 Å². The molecule has 0 bridgehead atoms. The van der Waals surface area contributed by atoms with Crippen molar-refractivity contribution in [2.24, 2.45) is 5.92 Å². The molecule has 0 spiro atoms. The molecule has 0 unspecified atom stereocenters. The summed E-state index contributed by atoms with van der Waals surface area (Å²) in [5.74, 6) is -1.32. The van der Waals surface area contributed by atoms with Gasteiger partial charge in [0.1, 0.15) is 11.6 Å². The monoisotopic (exact) mass is 416 g/mol. The molecule has 9 heteroatoms. The van der Waals surface area contributed by atoms with Crippen LogP contribution in [0.4, 0.5) is 17.6 Å². The molecule has 0 radical (unpaired) electrons. The van der Waals surface area contributed by atoms with E-state index >= 15 is 0 Å². The van der Waals surface area contributed by atoms with E-state index in [9.17, 15) is 17.6 Å². The van der Waals surface area contributed by atoms with Crippen LogP contribution < -0.4 is 0 Å². The third kappa shape index (κ3) is 6.85. The van der Waals surface area contributed by atoms with Gasteiger partial charge in [-0.1, -0.05) is 23.4 Å². The van der Waals surface area contributed by atoms with E-state index in [1.54, 1.807) is 12.1 Å². The minimum Gasteiger partial charge on any atom is -0.475 e. The summed E-state index contributed by atoms with van der Waals surface area (Å²) in [5.41, 5.74) is 3.06. The Kier molecular flexibility index (Phi) is 7.78. The van der Waals surface area contributed by atoms with Gasteiger partial charge in [0, 0.05) is 12.1 Å². The van der Waals surface area contributed by atoms with Gasteiger partial charge in [0.15, 0.2) is 0 Å². The molecule has 0 atom stereocenters. The molecule has 5 nitrogen and oxygen atoms in total. The number of aromatic nitrogens is 1. The quantitative estimate of drug-likeness (QED) is 0.743. The molecule has 2 heterocycles. The van der Waals surface area contributed by atoms with Crippen molar-refractivity contribution in [2.75, 3.05) is 13.1 Å². The van der Waals surface area contributed by atoms with Crippen molar-refractivity contribution in [2.45, 2.75) is 45.8 Å². The molecule has 3 rings (SSSR count). The first kappa shape index (κ1) is 22.9. The third-order valence-electron chi connectivity index (χ3n) is 4.98. The maximum Gasteiger partial charge on any atom is 0.490 e. The number of aliphatic carboxylic acids is 1. The zero-order valence-corrected chi connectivity index (χ0v) is 16.3. The molecule has 1 saturated heterocycles. The SMILES string of the molecule is Cc1noc(C)c1CN1CCC(Cc2ccccc2F)CC1.O=C(O)C(F)(F)F. The van der Waals surface area contributed by atoms with Gasteiger partial charge in [-0.25, -0.2) is 9.18 Å². The average Bonchev–Trinajstić information content (AvgIpc) is 2.97. The van der Waals surface area contributed by atoms with Crippen molar-refractivity contribution in [1.29, 1.82) is 0 Å². The summed E-state index contributed by atoms with van der Waals surface area (Å²) < 4.78 is 50.7. The fourth-order valence-corrected chi connectivity index (χ4v) is 3.27. The van der Waals surface area contributed by atoms with E-state index in [0.29, 0.717) is 5.92 Å². The van der Waals surface area contributed by atoms with Crippen LogP contribution in [0.1, 0.15) is 35.4 Å². The molecule has 160 valence electrons. The highest BCUT2D eigenvalue weighted by molar-refractivity contribution is 5.73. The number of piperidine rings is 1. The predicted octanol–water partition coefficient (Wildman–Crippen LogP) is 4.52. The van der Waals surface area contributed by atoms with E-state index in [1.165, 1.54) is 5.56 Å². The zero-order valence-electron chi connectivity index (χ0n) is 16.3. The van der Waals surface area contributed by atoms with Crippen molar-refractivity contribution >= 4 is 5.97 Å². The van der Waals surface area contributed by atoms with E-state index in [0.717, 1.165) is 55.9 Å². The summed E-state index contributed by atoms with van der Waals surface area (Å²) in [6, 6.07) is 7.14. The standard InChI is InChI=1S/C18H23FN2O.C2HF3O2/c1-13-17(14(2)22-20-13)12-21-9-7-15(8-10-21)11-16-5-3-4-6-18(16)19;3-2(4,5)1(6)7/h3-6,15H,7-12H2,1-2H3;(H,6,7). The zero-order chi connectivity index (χ0) is 21.6. The lowest BCUT2D eigenvalue weighted by molar-refractivity contribution is -0.192. The van der Waals surface area contributed by atoms with Gasteiger partial charge >= 0.3 is 12.1 Å². The Labute approximate surface area is 166 Å². The van der Waals surface area contributed by atoms with Crippen LogP contribution in [-0.2, 0) is 17.8 Å². The van der Waals surface area contributed by atoms with E-state index < -0.39 is 12.1 Å². The maximum absolute atomic E-state index is 13.7. The number of carboxylic acids is 1. The van der Waals surface area contributed by atoms with E-state index in [1.807, 2.05) is 26.0 Å². The van der Waals surface area contributed by atoms with Crippen molar-refractivity contribution in [1.82, 2.24) is 10.1 Å². The van der Waals surface area contributed by atoms with E-state index in [-0.39, 0.29) is 5.82 Å². The highest BCUT2D eigenvalue weighted by atomic mass is 19.4. The van der Waals surface area contributed by atoms with Crippen LogP contribution in [0.3, 0.4) is 0 Å². The maximum atomic E-state index is 13.7. The Hall–Kier alpha value is -2.42. The summed E-state index contributed by atoms with van der Waals surface area (Å²) in [7, 11) is 0. The lowest BCUT2D eigenvalue weighted by Crippen LogP contribution is -2.34. The number of rotatable bonds is 4. The molecule has 1 aliphatic rings. The minimum atomic E-state index is -5.08.